The lowest BCUT2D eigenvalue weighted by molar-refractivity contribution is -0.121. The average Bonchev–Trinajstić information content (AvgIpc) is 3.10. The van der Waals surface area contributed by atoms with Gasteiger partial charge in [0.1, 0.15) is 0 Å². The maximum Gasteiger partial charge on any atom is 0.220 e. The Hall–Kier alpha value is 0.01000. The van der Waals surface area contributed by atoms with Gasteiger partial charge in [-0.15, -0.1) is 0 Å². The Morgan fingerprint density at radius 1 is 1.04 bits per heavy atom. The van der Waals surface area contributed by atoms with E-state index in [2.05, 4.69) is 5.32 Å². The second-order valence-electron chi connectivity index (χ2n) is 5.49. The molecule has 8 heteroatoms. The first-order valence-corrected chi connectivity index (χ1v) is 11.1. The predicted molar refractivity (Wildman–Crippen MR) is 99.5 cm³/mol. The van der Waals surface area contributed by atoms with E-state index in [9.17, 15) is 4.79 Å². The van der Waals surface area contributed by atoms with Crippen molar-refractivity contribution >= 4 is 27.5 Å². The Labute approximate surface area is 153 Å². The number of amides is 1. The number of ether oxygens (including phenoxy) is 3. The quantitative estimate of drug-likeness (QED) is 0.312. The Bertz CT molecular complexity index is 304. The van der Waals surface area contributed by atoms with Crippen molar-refractivity contribution in [3.8, 4) is 0 Å². The highest BCUT2D eigenvalue weighted by atomic mass is 33.1. The highest BCUT2D eigenvalue weighted by Crippen LogP contribution is 2.39. The fraction of sp³-hybridized carbons (Fsp3) is 0.938. The van der Waals surface area contributed by atoms with Gasteiger partial charge in [-0.05, 0) is 19.3 Å². The van der Waals surface area contributed by atoms with Crippen LogP contribution in [0.1, 0.15) is 32.1 Å². The van der Waals surface area contributed by atoms with Gasteiger partial charge in [-0.1, -0.05) is 28.0 Å². The minimum absolute atomic E-state index is 0.0353. The normalized spacial score (nSPS) is 17.3. The third-order valence-electron chi connectivity index (χ3n) is 3.46. The zero-order valence-electron chi connectivity index (χ0n) is 14.4. The second kappa shape index (κ2) is 16.5. The second-order valence-corrected chi connectivity index (χ2v) is 8.27. The van der Waals surface area contributed by atoms with E-state index >= 15 is 0 Å². The molecule has 0 bridgehead atoms. The van der Waals surface area contributed by atoms with Gasteiger partial charge in [-0.2, -0.15) is 0 Å². The van der Waals surface area contributed by atoms with Crippen LogP contribution in [0.3, 0.4) is 0 Å². The average molecular weight is 382 g/mol. The summed E-state index contributed by atoms with van der Waals surface area (Å²) in [5, 5.41) is 12.2. The first kappa shape index (κ1) is 22.1. The first-order chi connectivity index (χ1) is 11.8. The Morgan fingerprint density at radius 3 is 2.42 bits per heavy atom. The zero-order valence-corrected chi connectivity index (χ0v) is 16.0. The fourth-order valence-corrected chi connectivity index (χ4v) is 5.21. The van der Waals surface area contributed by atoms with Crippen molar-refractivity contribution in [1.82, 2.24) is 5.32 Å². The van der Waals surface area contributed by atoms with Crippen molar-refractivity contribution in [1.29, 1.82) is 0 Å². The Morgan fingerprint density at radius 2 is 1.75 bits per heavy atom. The number of hydrogen-bond donors (Lipinski definition) is 2. The number of aliphatic hydroxyl groups is 1. The fourth-order valence-electron chi connectivity index (χ4n) is 2.18. The summed E-state index contributed by atoms with van der Waals surface area (Å²) in [7, 11) is 3.97. The Balaban J connectivity index is 1.74. The number of hydrogen-bond acceptors (Lipinski definition) is 7. The largest absolute Gasteiger partial charge is 0.394 e. The third kappa shape index (κ3) is 13.3. The Kier molecular flexibility index (Phi) is 15.1. The number of carbonyl (C=O) groups is 1. The van der Waals surface area contributed by atoms with Crippen molar-refractivity contribution in [3.05, 3.63) is 0 Å². The molecular weight excluding hydrogens is 350 g/mol. The highest BCUT2D eigenvalue weighted by molar-refractivity contribution is 8.77. The molecule has 1 aliphatic heterocycles. The molecule has 0 aromatic heterocycles. The third-order valence-corrected chi connectivity index (χ3v) is 6.46. The molecule has 0 radical (unpaired) electrons. The van der Waals surface area contributed by atoms with Crippen LogP contribution < -0.4 is 5.32 Å². The SMILES string of the molecule is O=C(CCCC[C@@H]1CCSS1)NCCOCCOCCOCCO. The molecule has 0 aromatic carbocycles. The van der Waals surface area contributed by atoms with Crippen molar-refractivity contribution in [2.24, 2.45) is 0 Å². The lowest BCUT2D eigenvalue weighted by Gasteiger charge is -2.08. The summed E-state index contributed by atoms with van der Waals surface area (Å²) in [6.45, 7) is 3.43. The van der Waals surface area contributed by atoms with Crippen LogP contribution in [-0.2, 0) is 19.0 Å². The van der Waals surface area contributed by atoms with Gasteiger partial charge in [0.2, 0.25) is 5.91 Å². The van der Waals surface area contributed by atoms with Gasteiger partial charge in [0.05, 0.1) is 46.2 Å². The van der Waals surface area contributed by atoms with Crippen molar-refractivity contribution in [3.63, 3.8) is 0 Å². The van der Waals surface area contributed by atoms with Crippen molar-refractivity contribution < 1.29 is 24.1 Å². The van der Waals surface area contributed by atoms with Crippen LogP contribution in [0.2, 0.25) is 0 Å². The lowest BCUT2D eigenvalue weighted by Crippen LogP contribution is -2.27. The number of nitrogens with one attached hydrogen (secondary N) is 1. The van der Waals surface area contributed by atoms with Crippen LogP contribution in [0.5, 0.6) is 0 Å². The minimum Gasteiger partial charge on any atom is -0.394 e. The highest BCUT2D eigenvalue weighted by Gasteiger charge is 2.15. The molecule has 142 valence electrons. The van der Waals surface area contributed by atoms with E-state index < -0.39 is 0 Å². The van der Waals surface area contributed by atoms with Crippen LogP contribution in [0.4, 0.5) is 0 Å². The first-order valence-electron chi connectivity index (χ1n) is 8.72. The van der Waals surface area contributed by atoms with Gasteiger partial charge in [0.25, 0.3) is 0 Å². The van der Waals surface area contributed by atoms with Crippen LogP contribution in [0, 0.1) is 0 Å². The van der Waals surface area contributed by atoms with Gasteiger partial charge >= 0.3 is 0 Å². The smallest absolute Gasteiger partial charge is 0.220 e. The molecule has 1 heterocycles. The van der Waals surface area contributed by atoms with E-state index in [1.807, 2.05) is 21.6 Å². The molecule has 1 atom stereocenters. The zero-order chi connectivity index (χ0) is 17.3. The van der Waals surface area contributed by atoms with E-state index in [0.717, 1.165) is 18.1 Å². The summed E-state index contributed by atoms with van der Waals surface area (Å²) < 4.78 is 15.7. The minimum atomic E-state index is 0.0353. The number of aliphatic hydroxyl groups excluding tert-OH is 1. The molecule has 1 amide bonds. The summed E-state index contributed by atoms with van der Waals surface area (Å²) in [4.78, 5) is 11.7. The van der Waals surface area contributed by atoms with Crippen LogP contribution in [-0.4, -0.2) is 74.8 Å². The van der Waals surface area contributed by atoms with E-state index in [1.165, 1.54) is 18.6 Å². The van der Waals surface area contributed by atoms with E-state index in [-0.39, 0.29) is 12.5 Å². The standard InChI is InChI=1S/C16H31NO5S2/c18-7-9-21-11-13-22-12-10-20-8-6-17-16(19)4-2-1-3-15-5-14-23-24-15/h15,18H,1-14H2,(H,17,19)/t15-/m1/s1. The maximum absolute atomic E-state index is 11.7. The van der Waals surface area contributed by atoms with Gasteiger partial charge in [0.15, 0.2) is 0 Å². The molecule has 2 N–H and O–H groups in total. The molecule has 0 unspecified atom stereocenters. The molecule has 1 rings (SSSR count). The molecular formula is C16H31NO5S2. The number of rotatable bonds is 16. The molecule has 1 aliphatic rings. The number of carbonyl (C=O) groups excluding carboxylic acids is 1. The monoisotopic (exact) mass is 381 g/mol. The maximum atomic E-state index is 11.7. The molecule has 1 saturated heterocycles. The summed E-state index contributed by atoms with van der Waals surface area (Å²) in [6, 6.07) is 0. The molecule has 0 saturated carbocycles. The molecule has 0 aliphatic carbocycles. The molecule has 6 nitrogen and oxygen atoms in total. The van der Waals surface area contributed by atoms with Crippen LogP contribution in [0.15, 0.2) is 0 Å². The summed E-state index contributed by atoms with van der Waals surface area (Å²) in [6.07, 6.45) is 5.28. The summed E-state index contributed by atoms with van der Waals surface area (Å²) in [5.74, 6) is 1.39. The molecule has 24 heavy (non-hydrogen) atoms. The van der Waals surface area contributed by atoms with Gasteiger partial charge in [-0.3, -0.25) is 4.79 Å². The van der Waals surface area contributed by atoms with E-state index in [0.29, 0.717) is 52.6 Å². The van der Waals surface area contributed by atoms with Gasteiger partial charge in [-0.25, -0.2) is 0 Å². The van der Waals surface area contributed by atoms with E-state index in [1.54, 1.807) is 0 Å². The number of unbranched alkanes of at least 4 members (excludes halogenated alkanes) is 1. The topological polar surface area (TPSA) is 77.0 Å². The van der Waals surface area contributed by atoms with Crippen molar-refractivity contribution in [2.45, 2.75) is 37.4 Å². The summed E-state index contributed by atoms with van der Waals surface area (Å²) in [5.41, 5.74) is 0. The molecule has 0 aromatic rings. The lowest BCUT2D eigenvalue weighted by atomic mass is 10.1. The van der Waals surface area contributed by atoms with Crippen LogP contribution in [0.25, 0.3) is 0 Å². The van der Waals surface area contributed by atoms with Crippen LogP contribution >= 0.6 is 21.6 Å². The van der Waals surface area contributed by atoms with Gasteiger partial charge < -0.3 is 24.6 Å². The van der Waals surface area contributed by atoms with E-state index in [4.69, 9.17) is 19.3 Å². The van der Waals surface area contributed by atoms with Gasteiger partial charge in [0, 0.05) is 24.0 Å². The summed E-state index contributed by atoms with van der Waals surface area (Å²) >= 11 is 0. The molecule has 1 fully saturated rings. The van der Waals surface area contributed by atoms with Crippen molar-refractivity contribution in [2.75, 3.05) is 58.5 Å². The molecule has 0 spiro atoms. The predicted octanol–water partition coefficient (Wildman–Crippen LogP) is 1.86.